The Morgan fingerprint density at radius 3 is 2.42 bits per heavy atom. The highest BCUT2D eigenvalue weighted by molar-refractivity contribution is 4.96. The fourth-order valence-corrected chi connectivity index (χ4v) is 2.79. The van der Waals surface area contributed by atoms with Gasteiger partial charge in [-0.3, -0.25) is 9.58 Å². The summed E-state index contributed by atoms with van der Waals surface area (Å²) in [5.74, 6) is 0.843. The van der Waals surface area contributed by atoms with Gasteiger partial charge in [0.25, 0.3) is 0 Å². The zero-order chi connectivity index (χ0) is 13.9. The summed E-state index contributed by atoms with van der Waals surface area (Å²) in [6.45, 7) is 6.45. The molecule has 19 heavy (non-hydrogen) atoms. The molecule has 0 aliphatic carbocycles. The van der Waals surface area contributed by atoms with Gasteiger partial charge in [0.15, 0.2) is 0 Å². The Labute approximate surface area is 115 Å². The molecule has 2 heterocycles. The van der Waals surface area contributed by atoms with Crippen LogP contribution >= 0.6 is 0 Å². The van der Waals surface area contributed by atoms with Crippen molar-refractivity contribution in [3.63, 3.8) is 0 Å². The van der Waals surface area contributed by atoms with E-state index in [0.717, 1.165) is 18.9 Å². The first kappa shape index (κ1) is 14.5. The summed E-state index contributed by atoms with van der Waals surface area (Å²) in [6, 6.07) is 0. The summed E-state index contributed by atoms with van der Waals surface area (Å²) in [4.78, 5) is 6.64. The third-order valence-corrected chi connectivity index (χ3v) is 4.42. The lowest BCUT2D eigenvalue weighted by Crippen LogP contribution is -2.53. The van der Waals surface area contributed by atoms with Crippen molar-refractivity contribution in [2.75, 3.05) is 13.1 Å². The van der Waals surface area contributed by atoms with Crippen molar-refractivity contribution >= 4 is 0 Å². The summed E-state index contributed by atoms with van der Waals surface area (Å²) < 4.78 is 1.74. The second-order valence-electron chi connectivity index (χ2n) is 6.07. The van der Waals surface area contributed by atoms with Crippen molar-refractivity contribution in [2.24, 2.45) is 7.05 Å². The van der Waals surface area contributed by atoms with Crippen molar-refractivity contribution < 1.29 is 5.11 Å². The zero-order valence-corrected chi connectivity index (χ0v) is 12.3. The molecule has 1 aliphatic rings. The quantitative estimate of drug-likeness (QED) is 0.894. The normalized spacial score (nSPS) is 20.2. The van der Waals surface area contributed by atoms with Crippen LogP contribution in [-0.2, 0) is 13.5 Å². The lowest BCUT2D eigenvalue weighted by molar-refractivity contribution is -0.00924. The van der Waals surface area contributed by atoms with Gasteiger partial charge in [-0.15, -0.1) is 0 Å². The summed E-state index contributed by atoms with van der Waals surface area (Å²) in [5.41, 5.74) is -0.212. The molecule has 108 valence electrons. The smallest absolute Gasteiger partial charge is 0.138 e. The summed E-state index contributed by atoms with van der Waals surface area (Å²) >= 11 is 0. The van der Waals surface area contributed by atoms with Gasteiger partial charge in [0.1, 0.15) is 12.2 Å². The Morgan fingerprint density at radius 1 is 1.26 bits per heavy atom. The van der Waals surface area contributed by atoms with Crippen LogP contribution in [0.4, 0.5) is 0 Å². The van der Waals surface area contributed by atoms with Crippen molar-refractivity contribution in [1.29, 1.82) is 0 Å². The Bertz CT molecular complexity index is 394. The molecule has 1 aliphatic heterocycles. The number of hydrogen-bond acceptors (Lipinski definition) is 4. The third kappa shape index (κ3) is 3.34. The summed E-state index contributed by atoms with van der Waals surface area (Å²) in [6.07, 6.45) is 6.77. The van der Waals surface area contributed by atoms with E-state index in [-0.39, 0.29) is 5.54 Å². The van der Waals surface area contributed by atoms with E-state index in [1.54, 1.807) is 11.0 Å². The molecule has 0 spiro atoms. The maximum atomic E-state index is 10.6. The van der Waals surface area contributed by atoms with Crippen LogP contribution in [0.15, 0.2) is 6.33 Å². The fraction of sp³-hybridized carbons (Fsp3) is 0.857. The number of aromatic nitrogens is 3. The largest absolute Gasteiger partial charge is 0.391 e. The van der Waals surface area contributed by atoms with Gasteiger partial charge >= 0.3 is 0 Å². The molecule has 1 N–H and O–H groups in total. The van der Waals surface area contributed by atoms with Crippen LogP contribution < -0.4 is 0 Å². The maximum absolute atomic E-state index is 10.6. The van der Waals surface area contributed by atoms with E-state index < -0.39 is 6.10 Å². The Morgan fingerprint density at radius 2 is 1.89 bits per heavy atom. The van der Waals surface area contributed by atoms with E-state index in [0.29, 0.717) is 6.42 Å². The van der Waals surface area contributed by atoms with E-state index in [2.05, 4.69) is 28.8 Å². The van der Waals surface area contributed by atoms with E-state index in [9.17, 15) is 5.11 Å². The average molecular weight is 266 g/mol. The highest BCUT2D eigenvalue weighted by Crippen LogP contribution is 2.25. The molecule has 0 bridgehead atoms. The molecular weight excluding hydrogens is 240 g/mol. The average Bonchev–Trinajstić information content (AvgIpc) is 2.64. The number of hydrogen-bond donors (Lipinski definition) is 1. The topological polar surface area (TPSA) is 54.2 Å². The van der Waals surface area contributed by atoms with Crippen LogP contribution in [0.5, 0.6) is 0 Å². The second kappa shape index (κ2) is 6.01. The minimum Gasteiger partial charge on any atom is -0.391 e. The minimum absolute atomic E-state index is 0.212. The third-order valence-electron chi connectivity index (χ3n) is 4.42. The molecule has 1 saturated heterocycles. The van der Waals surface area contributed by atoms with Crippen molar-refractivity contribution in [3.8, 4) is 0 Å². The van der Waals surface area contributed by atoms with Gasteiger partial charge in [-0.25, -0.2) is 4.98 Å². The van der Waals surface area contributed by atoms with Gasteiger partial charge in [-0.05, 0) is 39.8 Å². The lowest BCUT2D eigenvalue weighted by Gasteiger charge is -2.41. The van der Waals surface area contributed by atoms with Gasteiger partial charge in [0.2, 0.25) is 0 Å². The first-order valence-corrected chi connectivity index (χ1v) is 7.28. The SMILES string of the molecule is Cn1ncnc1CC(O)C(C)(C)N1CCCCCC1. The summed E-state index contributed by atoms with van der Waals surface area (Å²) in [7, 11) is 1.87. The van der Waals surface area contributed by atoms with E-state index in [1.165, 1.54) is 25.7 Å². The van der Waals surface area contributed by atoms with E-state index >= 15 is 0 Å². The van der Waals surface area contributed by atoms with Gasteiger partial charge < -0.3 is 5.11 Å². The number of aliphatic hydroxyl groups is 1. The second-order valence-corrected chi connectivity index (χ2v) is 6.07. The molecule has 1 fully saturated rings. The number of aryl methyl sites for hydroxylation is 1. The molecule has 1 unspecified atom stereocenters. The van der Waals surface area contributed by atoms with Gasteiger partial charge in [0, 0.05) is 19.0 Å². The Kier molecular flexibility index (Phi) is 4.58. The van der Waals surface area contributed by atoms with Crippen LogP contribution in [0.25, 0.3) is 0 Å². The Hall–Kier alpha value is -0.940. The van der Waals surface area contributed by atoms with Crippen molar-refractivity contribution in [3.05, 3.63) is 12.2 Å². The molecule has 0 amide bonds. The molecule has 0 saturated carbocycles. The Balaban J connectivity index is 2.02. The molecule has 5 heteroatoms. The fourth-order valence-electron chi connectivity index (χ4n) is 2.79. The van der Waals surface area contributed by atoms with Crippen molar-refractivity contribution in [1.82, 2.24) is 19.7 Å². The molecule has 0 radical (unpaired) electrons. The van der Waals surface area contributed by atoms with E-state index in [4.69, 9.17) is 0 Å². The highest BCUT2D eigenvalue weighted by atomic mass is 16.3. The van der Waals surface area contributed by atoms with E-state index in [1.807, 2.05) is 7.05 Å². The number of aliphatic hydroxyl groups excluding tert-OH is 1. The molecule has 1 atom stereocenters. The lowest BCUT2D eigenvalue weighted by atomic mass is 9.92. The van der Waals surface area contributed by atoms with Gasteiger partial charge in [0.05, 0.1) is 6.10 Å². The predicted molar refractivity (Wildman–Crippen MR) is 74.8 cm³/mol. The number of likely N-dealkylation sites (tertiary alicyclic amines) is 1. The van der Waals surface area contributed by atoms with Crippen LogP contribution in [0.3, 0.4) is 0 Å². The molecule has 5 nitrogen and oxygen atoms in total. The van der Waals surface area contributed by atoms with Crippen LogP contribution in [-0.4, -0.2) is 49.5 Å². The monoisotopic (exact) mass is 266 g/mol. The molecule has 2 rings (SSSR count). The zero-order valence-electron chi connectivity index (χ0n) is 12.3. The molecule has 0 aromatic carbocycles. The first-order valence-electron chi connectivity index (χ1n) is 7.28. The van der Waals surface area contributed by atoms with Crippen LogP contribution in [0, 0.1) is 0 Å². The minimum atomic E-state index is -0.423. The molecule has 1 aromatic rings. The van der Waals surface area contributed by atoms with Crippen LogP contribution in [0.2, 0.25) is 0 Å². The number of nitrogens with zero attached hydrogens (tertiary/aromatic N) is 4. The first-order chi connectivity index (χ1) is 9.01. The highest BCUT2D eigenvalue weighted by Gasteiger charge is 2.35. The van der Waals surface area contributed by atoms with Crippen LogP contribution in [0.1, 0.15) is 45.4 Å². The predicted octanol–water partition coefficient (Wildman–Crippen LogP) is 1.37. The maximum Gasteiger partial charge on any atom is 0.138 e. The summed E-state index contributed by atoms with van der Waals surface area (Å²) in [5, 5.41) is 14.7. The molecule has 1 aromatic heterocycles. The molecular formula is C14H26N4O. The van der Waals surface area contributed by atoms with Gasteiger partial charge in [-0.1, -0.05) is 12.8 Å². The standard InChI is InChI=1S/C14H26N4O/c1-14(2,18-8-6-4-5-7-9-18)12(19)10-13-15-11-16-17(13)3/h11-12,19H,4-10H2,1-3H3. The van der Waals surface area contributed by atoms with Crippen molar-refractivity contribution in [2.45, 2.75) is 57.6 Å². The number of rotatable bonds is 4. The van der Waals surface area contributed by atoms with Gasteiger partial charge in [-0.2, -0.15) is 5.10 Å².